The Morgan fingerprint density at radius 3 is 2.65 bits per heavy atom. The molecule has 0 N–H and O–H groups in total. The summed E-state index contributed by atoms with van der Waals surface area (Å²) >= 11 is 0. The van der Waals surface area contributed by atoms with Crippen LogP contribution in [0.15, 0.2) is 54.6 Å². The molecule has 0 bridgehead atoms. The van der Waals surface area contributed by atoms with Crippen molar-refractivity contribution in [3.8, 4) is 0 Å². The second kappa shape index (κ2) is 6.79. The lowest BCUT2D eigenvalue weighted by Crippen LogP contribution is -2.21. The molecule has 2 aromatic carbocycles. The summed E-state index contributed by atoms with van der Waals surface area (Å²) in [4.78, 5) is 14.0. The average Bonchev–Trinajstić information content (AvgIpc) is 3.06. The Hall–Kier alpha value is -2.88. The Labute approximate surface area is 155 Å². The van der Waals surface area contributed by atoms with Crippen LogP contribution in [-0.2, 0) is 6.42 Å². The molecule has 3 aromatic rings. The second-order valence-electron chi connectivity index (χ2n) is 6.75. The van der Waals surface area contributed by atoms with Crippen molar-refractivity contribution in [2.75, 3.05) is 22.9 Å². The molecular formula is C22H24N4. The van der Waals surface area contributed by atoms with Gasteiger partial charge in [0.05, 0.1) is 0 Å². The molecule has 4 heteroatoms. The highest BCUT2D eigenvalue weighted by molar-refractivity contribution is 5.71. The van der Waals surface area contributed by atoms with E-state index in [-0.39, 0.29) is 0 Å². The normalized spacial score (nSPS) is 13.0. The van der Waals surface area contributed by atoms with Crippen molar-refractivity contribution in [3.05, 3.63) is 71.5 Å². The summed E-state index contributed by atoms with van der Waals surface area (Å²) in [6.07, 6.45) is 1.06. The lowest BCUT2D eigenvalue weighted by atomic mass is 10.2. The maximum absolute atomic E-state index is 4.73. The Kier molecular flexibility index (Phi) is 4.33. The van der Waals surface area contributed by atoms with Gasteiger partial charge in [-0.2, -0.15) is 0 Å². The highest BCUT2D eigenvalue weighted by Crippen LogP contribution is 2.35. The SMILES string of the molecule is CCN(c1cccc(C)c1)c1cc(N2CCc3ccccc32)nc(C)n1. The van der Waals surface area contributed by atoms with Crippen molar-refractivity contribution in [2.24, 2.45) is 0 Å². The first-order valence-electron chi connectivity index (χ1n) is 9.21. The van der Waals surface area contributed by atoms with Crippen LogP contribution in [0.3, 0.4) is 0 Å². The molecule has 0 fully saturated rings. The summed E-state index contributed by atoms with van der Waals surface area (Å²) in [6.45, 7) is 8.07. The molecule has 1 aliphatic rings. The largest absolute Gasteiger partial charge is 0.326 e. The van der Waals surface area contributed by atoms with Gasteiger partial charge in [-0.15, -0.1) is 0 Å². The number of aryl methyl sites for hydroxylation is 2. The minimum atomic E-state index is 0.799. The molecule has 0 amide bonds. The van der Waals surface area contributed by atoms with E-state index in [0.29, 0.717) is 0 Å². The van der Waals surface area contributed by atoms with E-state index in [2.05, 4.69) is 78.2 Å². The van der Waals surface area contributed by atoms with Crippen molar-refractivity contribution in [1.29, 1.82) is 0 Å². The van der Waals surface area contributed by atoms with Gasteiger partial charge >= 0.3 is 0 Å². The van der Waals surface area contributed by atoms with Crippen molar-refractivity contribution < 1.29 is 0 Å². The molecule has 26 heavy (non-hydrogen) atoms. The number of rotatable bonds is 4. The molecule has 4 nitrogen and oxygen atoms in total. The van der Waals surface area contributed by atoms with Crippen molar-refractivity contribution in [2.45, 2.75) is 27.2 Å². The Morgan fingerprint density at radius 2 is 1.85 bits per heavy atom. The highest BCUT2D eigenvalue weighted by Gasteiger charge is 2.22. The molecule has 4 rings (SSSR count). The average molecular weight is 344 g/mol. The second-order valence-corrected chi connectivity index (χ2v) is 6.75. The van der Waals surface area contributed by atoms with Gasteiger partial charge in [0.15, 0.2) is 0 Å². The van der Waals surface area contributed by atoms with E-state index in [1.54, 1.807) is 0 Å². The summed E-state index contributed by atoms with van der Waals surface area (Å²) in [5.74, 6) is 2.72. The van der Waals surface area contributed by atoms with Gasteiger partial charge in [-0.1, -0.05) is 30.3 Å². The van der Waals surface area contributed by atoms with Crippen LogP contribution in [0.4, 0.5) is 23.0 Å². The standard InChI is InChI=1S/C22H24N4/c1-4-25(19-10-7-8-16(2)14-19)21-15-22(24-17(3)23-21)26-13-12-18-9-5-6-11-20(18)26/h5-11,14-15H,4,12-13H2,1-3H3. The van der Waals surface area contributed by atoms with E-state index in [1.807, 2.05) is 6.92 Å². The maximum Gasteiger partial charge on any atom is 0.138 e. The number of fused-ring (bicyclic) bond motifs is 1. The maximum atomic E-state index is 4.73. The molecular weight excluding hydrogens is 320 g/mol. The molecule has 0 aliphatic carbocycles. The molecule has 0 atom stereocenters. The van der Waals surface area contributed by atoms with E-state index in [9.17, 15) is 0 Å². The lowest BCUT2D eigenvalue weighted by Gasteiger charge is -2.25. The van der Waals surface area contributed by atoms with Gasteiger partial charge in [-0.3, -0.25) is 0 Å². The Bertz CT molecular complexity index is 935. The molecule has 2 heterocycles. The van der Waals surface area contributed by atoms with Crippen molar-refractivity contribution in [1.82, 2.24) is 9.97 Å². The fraction of sp³-hybridized carbons (Fsp3) is 0.273. The molecule has 1 aromatic heterocycles. The molecule has 0 unspecified atom stereocenters. The first-order chi connectivity index (χ1) is 12.7. The summed E-state index contributed by atoms with van der Waals surface area (Å²) in [7, 11) is 0. The van der Waals surface area contributed by atoms with Gasteiger partial charge in [0.25, 0.3) is 0 Å². The molecule has 0 saturated carbocycles. The summed E-state index contributed by atoms with van der Waals surface area (Å²) in [5.41, 5.74) is 5.06. The Balaban J connectivity index is 1.75. The third-order valence-corrected chi connectivity index (χ3v) is 4.88. The highest BCUT2D eigenvalue weighted by atomic mass is 15.2. The molecule has 132 valence electrons. The zero-order valence-electron chi connectivity index (χ0n) is 15.6. The van der Waals surface area contributed by atoms with Gasteiger partial charge in [-0.05, 0) is 56.5 Å². The van der Waals surface area contributed by atoms with Gasteiger partial charge in [0.1, 0.15) is 17.5 Å². The van der Waals surface area contributed by atoms with Crippen LogP contribution in [0, 0.1) is 13.8 Å². The summed E-state index contributed by atoms with van der Waals surface area (Å²) in [5, 5.41) is 0. The summed E-state index contributed by atoms with van der Waals surface area (Å²) < 4.78 is 0. The van der Waals surface area contributed by atoms with Crippen molar-refractivity contribution in [3.63, 3.8) is 0 Å². The minimum Gasteiger partial charge on any atom is -0.326 e. The van der Waals surface area contributed by atoms with Crippen LogP contribution in [-0.4, -0.2) is 23.1 Å². The molecule has 0 spiro atoms. The molecule has 1 aliphatic heterocycles. The van der Waals surface area contributed by atoms with E-state index in [0.717, 1.165) is 37.0 Å². The number of anilines is 4. The minimum absolute atomic E-state index is 0.799. The first kappa shape index (κ1) is 16.6. The van der Waals surface area contributed by atoms with Gasteiger partial charge in [-0.25, -0.2) is 9.97 Å². The first-order valence-corrected chi connectivity index (χ1v) is 9.21. The number of benzene rings is 2. The third-order valence-electron chi connectivity index (χ3n) is 4.88. The van der Waals surface area contributed by atoms with E-state index >= 15 is 0 Å². The fourth-order valence-electron chi connectivity index (χ4n) is 3.66. The fourth-order valence-corrected chi connectivity index (χ4v) is 3.66. The third kappa shape index (κ3) is 3.03. The van der Waals surface area contributed by atoms with Gasteiger partial charge in [0, 0.05) is 30.5 Å². The summed E-state index contributed by atoms with van der Waals surface area (Å²) in [6, 6.07) is 19.2. The zero-order valence-corrected chi connectivity index (χ0v) is 15.6. The monoisotopic (exact) mass is 344 g/mol. The van der Waals surface area contributed by atoms with Crippen LogP contribution in [0.25, 0.3) is 0 Å². The molecule has 0 radical (unpaired) electrons. The van der Waals surface area contributed by atoms with E-state index < -0.39 is 0 Å². The van der Waals surface area contributed by atoms with Gasteiger partial charge < -0.3 is 9.80 Å². The predicted molar refractivity (Wildman–Crippen MR) is 108 cm³/mol. The van der Waals surface area contributed by atoms with Crippen LogP contribution in [0.5, 0.6) is 0 Å². The molecule has 0 saturated heterocycles. The van der Waals surface area contributed by atoms with Crippen LogP contribution in [0.1, 0.15) is 23.9 Å². The number of aromatic nitrogens is 2. The van der Waals surface area contributed by atoms with E-state index in [1.165, 1.54) is 22.5 Å². The number of nitrogens with zero attached hydrogens (tertiary/aromatic N) is 4. The number of hydrogen-bond donors (Lipinski definition) is 0. The smallest absolute Gasteiger partial charge is 0.138 e. The van der Waals surface area contributed by atoms with Crippen molar-refractivity contribution >= 4 is 23.0 Å². The topological polar surface area (TPSA) is 32.3 Å². The number of hydrogen-bond acceptors (Lipinski definition) is 4. The van der Waals surface area contributed by atoms with Gasteiger partial charge in [0.2, 0.25) is 0 Å². The zero-order chi connectivity index (χ0) is 18.1. The van der Waals surface area contributed by atoms with Crippen LogP contribution >= 0.6 is 0 Å². The lowest BCUT2D eigenvalue weighted by molar-refractivity contribution is 0.917. The Morgan fingerprint density at radius 1 is 1.00 bits per heavy atom. The van der Waals surface area contributed by atoms with Crippen LogP contribution < -0.4 is 9.80 Å². The van der Waals surface area contributed by atoms with E-state index in [4.69, 9.17) is 9.97 Å². The number of para-hydroxylation sites is 1. The predicted octanol–water partition coefficient (Wildman–Crippen LogP) is 4.95. The quantitative estimate of drug-likeness (QED) is 0.670. The van der Waals surface area contributed by atoms with Crippen LogP contribution in [0.2, 0.25) is 0 Å².